The molecule has 3 unspecified atom stereocenters. The van der Waals surface area contributed by atoms with Crippen LogP contribution in [0.4, 0.5) is 0 Å². The van der Waals surface area contributed by atoms with Crippen molar-refractivity contribution < 1.29 is 5.11 Å². The van der Waals surface area contributed by atoms with Gasteiger partial charge in [-0.3, -0.25) is 0 Å². The van der Waals surface area contributed by atoms with Crippen molar-refractivity contribution in [3.05, 3.63) is 33.4 Å². The number of hydrogen-bond donors (Lipinski definition) is 2. The highest BCUT2D eigenvalue weighted by atomic mass is 127. The van der Waals surface area contributed by atoms with Crippen LogP contribution in [0.5, 0.6) is 0 Å². The van der Waals surface area contributed by atoms with Crippen LogP contribution >= 0.6 is 22.6 Å². The van der Waals surface area contributed by atoms with Crippen LogP contribution in [0, 0.1) is 9.49 Å². The first kappa shape index (κ1) is 13.9. The van der Waals surface area contributed by atoms with E-state index in [2.05, 4.69) is 72.9 Å². The molecule has 0 aliphatic carbocycles. The fourth-order valence-corrected chi connectivity index (χ4v) is 1.92. The molecule has 0 aromatic heterocycles. The van der Waals surface area contributed by atoms with E-state index in [1.54, 1.807) is 0 Å². The molecule has 0 saturated carbocycles. The molecule has 1 aromatic rings. The van der Waals surface area contributed by atoms with Gasteiger partial charge >= 0.3 is 0 Å². The van der Waals surface area contributed by atoms with Gasteiger partial charge in [-0.1, -0.05) is 19.1 Å². The van der Waals surface area contributed by atoms with Gasteiger partial charge in [-0.15, -0.1) is 0 Å². The van der Waals surface area contributed by atoms with E-state index in [9.17, 15) is 0 Å². The smallest absolute Gasteiger partial charge is 0.0471 e. The van der Waals surface area contributed by atoms with E-state index in [0.717, 1.165) is 0 Å². The minimum atomic E-state index is 0.230. The standard InChI is InChI=1S/C13H20INO/c1-9(8-16)10(2)15-11(3)12-4-6-13(14)7-5-12/h4-7,9-11,15-16H,8H2,1-3H3. The highest BCUT2D eigenvalue weighted by molar-refractivity contribution is 14.1. The summed E-state index contributed by atoms with van der Waals surface area (Å²) in [7, 11) is 0. The molecule has 0 saturated heterocycles. The maximum absolute atomic E-state index is 9.08. The van der Waals surface area contributed by atoms with Crippen LogP contribution in [0.25, 0.3) is 0 Å². The third-order valence-corrected chi connectivity index (χ3v) is 3.74. The molecule has 0 aliphatic rings. The molecule has 0 fully saturated rings. The molecular formula is C13H20INO. The molecule has 1 aromatic carbocycles. The van der Waals surface area contributed by atoms with Crippen molar-refractivity contribution in [3.63, 3.8) is 0 Å². The first-order chi connectivity index (χ1) is 7.54. The number of benzene rings is 1. The minimum absolute atomic E-state index is 0.230. The highest BCUT2D eigenvalue weighted by Gasteiger charge is 2.14. The molecular weight excluding hydrogens is 313 g/mol. The molecule has 0 amide bonds. The van der Waals surface area contributed by atoms with Gasteiger partial charge in [-0.05, 0) is 60.1 Å². The van der Waals surface area contributed by atoms with Crippen LogP contribution in [-0.2, 0) is 0 Å². The van der Waals surface area contributed by atoms with Crippen molar-refractivity contribution >= 4 is 22.6 Å². The maximum atomic E-state index is 9.08. The van der Waals surface area contributed by atoms with Gasteiger partial charge < -0.3 is 10.4 Å². The molecule has 16 heavy (non-hydrogen) atoms. The summed E-state index contributed by atoms with van der Waals surface area (Å²) in [5, 5.41) is 12.6. The normalized spacial score (nSPS) is 16.8. The topological polar surface area (TPSA) is 32.3 Å². The number of halogens is 1. The summed E-state index contributed by atoms with van der Waals surface area (Å²) in [6, 6.07) is 9.17. The number of aliphatic hydroxyl groups excluding tert-OH is 1. The van der Waals surface area contributed by atoms with E-state index in [1.165, 1.54) is 9.13 Å². The lowest BCUT2D eigenvalue weighted by Gasteiger charge is -2.24. The number of aliphatic hydroxyl groups is 1. The Hall–Kier alpha value is -0.130. The number of hydrogen-bond acceptors (Lipinski definition) is 2. The maximum Gasteiger partial charge on any atom is 0.0471 e. The molecule has 90 valence electrons. The molecule has 0 aliphatic heterocycles. The fraction of sp³-hybridized carbons (Fsp3) is 0.538. The Morgan fingerprint density at radius 3 is 2.25 bits per heavy atom. The van der Waals surface area contributed by atoms with Crippen LogP contribution in [0.2, 0.25) is 0 Å². The third kappa shape index (κ3) is 4.03. The van der Waals surface area contributed by atoms with Gasteiger partial charge in [-0.25, -0.2) is 0 Å². The second kappa shape index (κ2) is 6.57. The van der Waals surface area contributed by atoms with Crippen molar-refractivity contribution in [3.8, 4) is 0 Å². The van der Waals surface area contributed by atoms with Gasteiger partial charge in [0.2, 0.25) is 0 Å². The Balaban J connectivity index is 2.58. The Bertz CT molecular complexity index is 312. The molecule has 0 spiro atoms. The quantitative estimate of drug-likeness (QED) is 0.812. The van der Waals surface area contributed by atoms with Crippen LogP contribution in [-0.4, -0.2) is 17.8 Å². The highest BCUT2D eigenvalue weighted by Crippen LogP contribution is 2.16. The van der Waals surface area contributed by atoms with Crippen molar-refractivity contribution in [1.82, 2.24) is 5.32 Å². The molecule has 2 nitrogen and oxygen atoms in total. The SMILES string of the molecule is CC(NC(C)C(C)CO)c1ccc(I)cc1. The lowest BCUT2D eigenvalue weighted by atomic mass is 10.0. The minimum Gasteiger partial charge on any atom is -0.396 e. The van der Waals surface area contributed by atoms with Gasteiger partial charge in [0, 0.05) is 22.3 Å². The predicted molar refractivity (Wildman–Crippen MR) is 76.4 cm³/mol. The van der Waals surface area contributed by atoms with Crippen molar-refractivity contribution in [2.45, 2.75) is 32.9 Å². The van der Waals surface area contributed by atoms with E-state index in [0.29, 0.717) is 12.1 Å². The Morgan fingerprint density at radius 2 is 1.75 bits per heavy atom. The summed E-state index contributed by atoms with van der Waals surface area (Å²) in [6.45, 7) is 6.55. The molecule has 0 bridgehead atoms. The zero-order valence-electron chi connectivity index (χ0n) is 10.1. The Kier molecular flexibility index (Phi) is 5.72. The summed E-state index contributed by atoms with van der Waals surface area (Å²) in [5.41, 5.74) is 1.29. The second-order valence-electron chi connectivity index (χ2n) is 4.39. The summed E-state index contributed by atoms with van der Waals surface area (Å²) in [6.07, 6.45) is 0. The first-order valence-electron chi connectivity index (χ1n) is 5.67. The van der Waals surface area contributed by atoms with E-state index >= 15 is 0 Å². The Morgan fingerprint density at radius 1 is 1.19 bits per heavy atom. The second-order valence-corrected chi connectivity index (χ2v) is 5.63. The van der Waals surface area contributed by atoms with Crippen LogP contribution in [0.15, 0.2) is 24.3 Å². The summed E-state index contributed by atoms with van der Waals surface area (Å²) >= 11 is 2.31. The van der Waals surface area contributed by atoms with E-state index in [1.807, 2.05) is 0 Å². The molecule has 1 rings (SSSR count). The molecule has 0 heterocycles. The molecule has 3 heteroatoms. The van der Waals surface area contributed by atoms with Gasteiger partial charge in [0.1, 0.15) is 0 Å². The lowest BCUT2D eigenvalue weighted by Crippen LogP contribution is -2.35. The van der Waals surface area contributed by atoms with Crippen molar-refractivity contribution in [2.24, 2.45) is 5.92 Å². The number of nitrogens with one attached hydrogen (secondary N) is 1. The van der Waals surface area contributed by atoms with Crippen LogP contribution in [0.1, 0.15) is 32.4 Å². The average Bonchev–Trinajstić information content (AvgIpc) is 2.28. The summed E-state index contributed by atoms with van der Waals surface area (Å²) in [5.74, 6) is 0.284. The van der Waals surface area contributed by atoms with E-state index in [4.69, 9.17) is 5.11 Å². The van der Waals surface area contributed by atoms with Crippen LogP contribution in [0.3, 0.4) is 0 Å². The third-order valence-electron chi connectivity index (χ3n) is 3.02. The van der Waals surface area contributed by atoms with E-state index < -0.39 is 0 Å². The average molecular weight is 333 g/mol. The van der Waals surface area contributed by atoms with Gasteiger partial charge in [0.25, 0.3) is 0 Å². The molecule has 3 atom stereocenters. The van der Waals surface area contributed by atoms with Crippen LogP contribution < -0.4 is 5.32 Å². The summed E-state index contributed by atoms with van der Waals surface area (Å²) < 4.78 is 1.25. The largest absolute Gasteiger partial charge is 0.396 e. The monoisotopic (exact) mass is 333 g/mol. The summed E-state index contributed by atoms with van der Waals surface area (Å²) in [4.78, 5) is 0. The van der Waals surface area contributed by atoms with Gasteiger partial charge in [-0.2, -0.15) is 0 Å². The van der Waals surface area contributed by atoms with Crippen molar-refractivity contribution in [1.29, 1.82) is 0 Å². The number of rotatable bonds is 5. The predicted octanol–water partition coefficient (Wildman–Crippen LogP) is 2.96. The lowest BCUT2D eigenvalue weighted by molar-refractivity contribution is 0.202. The molecule has 2 N–H and O–H groups in total. The fourth-order valence-electron chi connectivity index (χ4n) is 1.56. The Labute approximate surface area is 112 Å². The zero-order chi connectivity index (χ0) is 12.1. The van der Waals surface area contributed by atoms with E-state index in [-0.39, 0.29) is 12.5 Å². The molecule has 0 radical (unpaired) electrons. The van der Waals surface area contributed by atoms with Gasteiger partial charge in [0.05, 0.1) is 0 Å². The first-order valence-corrected chi connectivity index (χ1v) is 6.74. The van der Waals surface area contributed by atoms with Crippen molar-refractivity contribution in [2.75, 3.05) is 6.61 Å². The van der Waals surface area contributed by atoms with Gasteiger partial charge in [0.15, 0.2) is 0 Å². The zero-order valence-corrected chi connectivity index (χ0v) is 12.2.